The van der Waals surface area contributed by atoms with Crippen LogP contribution in [-0.2, 0) is 23.7 Å². The van der Waals surface area contributed by atoms with E-state index in [1.54, 1.807) is 17.1 Å². The summed E-state index contributed by atoms with van der Waals surface area (Å²) in [5, 5.41) is 3.12. The topological polar surface area (TPSA) is 74.8 Å². The molecule has 1 heterocycles. The van der Waals surface area contributed by atoms with Crippen LogP contribution in [-0.4, -0.2) is 15.9 Å². The van der Waals surface area contributed by atoms with Gasteiger partial charge in [0.25, 0.3) is 5.56 Å². The molecule has 0 bridgehead atoms. The first-order valence-electron chi connectivity index (χ1n) is 11.8. The molecule has 1 aliphatic carbocycles. The van der Waals surface area contributed by atoms with E-state index in [9.17, 15) is 35.9 Å². The lowest BCUT2D eigenvalue weighted by Gasteiger charge is -2.28. The second kappa shape index (κ2) is 11.0. The third kappa shape index (κ3) is 6.60. The van der Waals surface area contributed by atoms with Crippen molar-refractivity contribution >= 4 is 17.5 Å². The molecule has 0 saturated heterocycles. The summed E-state index contributed by atoms with van der Waals surface area (Å²) in [7, 11) is 0. The Morgan fingerprint density at radius 3 is 2.21 bits per heavy atom. The molecule has 3 aromatic rings. The number of carbonyl (C=O) groups excluding carboxylic acids is 1. The van der Waals surface area contributed by atoms with Crippen molar-refractivity contribution in [1.29, 1.82) is 0 Å². The van der Waals surface area contributed by atoms with Gasteiger partial charge in [-0.1, -0.05) is 29.8 Å². The van der Waals surface area contributed by atoms with Gasteiger partial charge in [0, 0.05) is 29.1 Å². The van der Waals surface area contributed by atoms with Crippen LogP contribution in [0, 0.1) is 11.7 Å². The van der Waals surface area contributed by atoms with Crippen LogP contribution in [0.15, 0.2) is 47.3 Å². The van der Waals surface area contributed by atoms with Crippen molar-refractivity contribution in [2.24, 2.45) is 5.92 Å². The summed E-state index contributed by atoms with van der Waals surface area (Å²) in [5.41, 5.74) is -5.48. The van der Waals surface area contributed by atoms with Gasteiger partial charge < -0.3 is 10.3 Å². The lowest BCUT2D eigenvalue weighted by Crippen LogP contribution is -2.33. The quantitative estimate of drug-likeness (QED) is 0.327. The van der Waals surface area contributed by atoms with Crippen LogP contribution in [0.3, 0.4) is 0 Å². The zero-order valence-electron chi connectivity index (χ0n) is 20.0. The fourth-order valence-corrected chi connectivity index (χ4v) is 4.82. The predicted molar refractivity (Wildman–Crippen MR) is 128 cm³/mol. The molecule has 1 aliphatic rings. The molecule has 1 aromatic heterocycles. The monoisotopic (exact) mass is 575 g/mol. The summed E-state index contributed by atoms with van der Waals surface area (Å²) in [6.45, 7) is -0.518. The van der Waals surface area contributed by atoms with Crippen LogP contribution in [0.4, 0.5) is 30.7 Å². The lowest BCUT2D eigenvalue weighted by atomic mass is 9.78. The SMILES string of the molecule is O=c1cc(C(F)(F)F)nc(-c2c(C(F)(F)F)ccc(CNC(=O)[C@H]3CC[C@H](c4ccc(Cl)cc4)CC3)c2F)[nH]1. The molecule has 2 N–H and O–H groups in total. The van der Waals surface area contributed by atoms with Gasteiger partial charge in [0.1, 0.15) is 11.6 Å². The zero-order chi connectivity index (χ0) is 28.5. The number of carbonyl (C=O) groups is 1. The minimum Gasteiger partial charge on any atom is -0.352 e. The Hall–Kier alpha value is -3.41. The highest BCUT2D eigenvalue weighted by molar-refractivity contribution is 6.30. The van der Waals surface area contributed by atoms with Gasteiger partial charge in [-0.15, -0.1) is 0 Å². The zero-order valence-corrected chi connectivity index (χ0v) is 20.8. The summed E-state index contributed by atoms with van der Waals surface area (Å²) >= 11 is 5.92. The molecule has 0 radical (unpaired) electrons. The van der Waals surface area contributed by atoms with E-state index in [2.05, 4.69) is 10.3 Å². The van der Waals surface area contributed by atoms with E-state index in [4.69, 9.17) is 11.6 Å². The molecule has 0 spiro atoms. The molecule has 4 rings (SSSR count). The summed E-state index contributed by atoms with van der Waals surface area (Å²) < 4.78 is 95.6. The summed E-state index contributed by atoms with van der Waals surface area (Å²) in [6, 6.07) is 8.72. The fraction of sp³-hybridized carbons (Fsp3) is 0.346. The van der Waals surface area contributed by atoms with Gasteiger partial charge in [-0.3, -0.25) is 9.59 Å². The maximum absolute atomic E-state index is 15.4. The van der Waals surface area contributed by atoms with Crippen molar-refractivity contribution in [3.8, 4) is 11.4 Å². The average molecular weight is 576 g/mol. The van der Waals surface area contributed by atoms with E-state index in [0.29, 0.717) is 36.8 Å². The molecular formula is C26H21ClF7N3O2. The smallest absolute Gasteiger partial charge is 0.352 e. The molecule has 5 nitrogen and oxygen atoms in total. The number of nitrogens with zero attached hydrogens (tertiary/aromatic N) is 1. The Balaban J connectivity index is 1.53. The molecule has 39 heavy (non-hydrogen) atoms. The molecule has 0 atom stereocenters. The fourth-order valence-electron chi connectivity index (χ4n) is 4.70. The van der Waals surface area contributed by atoms with Gasteiger partial charge in [-0.2, -0.15) is 26.3 Å². The maximum atomic E-state index is 15.4. The first-order valence-corrected chi connectivity index (χ1v) is 12.2. The highest BCUT2D eigenvalue weighted by atomic mass is 35.5. The molecule has 0 aliphatic heterocycles. The minimum absolute atomic E-state index is 0.0560. The molecule has 1 fully saturated rings. The third-order valence-corrected chi connectivity index (χ3v) is 6.94. The number of alkyl halides is 6. The van der Waals surface area contributed by atoms with Gasteiger partial charge in [-0.25, -0.2) is 9.37 Å². The Labute approximate surface area is 222 Å². The number of amides is 1. The first-order chi connectivity index (χ1) is 18.2. The highest BCUT2D eigenvalue weighted by Crippen LogP contribution is 2.39. The van der Waals surface area contributed by atoms with Crippen molar-refractivity contribution in [1.82, 2.24) is 15.3 Å². The molecule has 208 valence electrons. The van der Waals surface area contributed by atoms with Gasteiger partial charge in [0.2, 0.25) is 5.91 Å². The van der Waals surface area contributed by atoms with Gasteiger partial charge in [0.15, 0.2) is 5.69 Å². The van der Waals surface area contributed by atoms with Crippen LogP contribution < -0.4 is 10.9 Å². The summed E-state index contributed by atoms with van der Waals surface area (Å²) in [4.78, 5) is 29.3. The Kier molecular flexibility index (Phi) is 8.06. The molecule has 1 amide bonds. The molecule has 2 aromatic carbocycles. The van der Waals surface area contributed by atoms with Crippen molar-refractivity contribution in [2.75, 3.05) is 0 Å². The maximum Gasteiger partial charge on any atom is 0.433 e. The molecule has 13 heteroatoms. The third-order valence-electron chi connectivity index (χ3n) is 6.69. The number of benzene rings is 2. The number of halogens is 8. The number of rotatable bonds is 5. The van der Waals surface area contributed by atoms with Crippen LogP contribution in [0.1, 0.15) is 54.0 Å². The van der Waals surface area contributed by atoms with Crippen molar-refractivity contribution in [3.63, 3.8) is 0 Å². The Bertz CT molecular complexity index is 1410. The number of aromatic amines is 1. The number of aromatic nitrogens is 2. The summed E-state index contributed by atoms with van der Waals surface area (Å²) in [6.07, 6.45) is -7.83. The Morgan fingerprint density at radius 2 is 1.62 bits per heavy atom. The van der Waals surface area contributed by atoms with Gasteiger partial charge in [0.05, 0.1) is 11.1 Å². The number of hydrogen-bond acceptors (Lipinski definition) is 3. The number of nitrogens with one attached hydrogen (secondary N) is 2. The van der Waals surface area contributed by atoms with E-state index in [1.165, 1.54) is 0 Å². The molecular weight excluding hydrogens is 555 g/mol. The van der Waals surface area contributed by atoms with E-state index < -0.39 is 70.3 Å². The standard InChI is InChI=1S/C26H21ClF7N3O2/c27-17-8-5-14(6-9-17)13-1-3-15(4-2-13)24(39)35-12-16-7-10-18(25(29,30)31)21(22(16)28)23-36-19(26(32,33)34)11-20(38)37-23/h5-11,13,15H,1-4,12H2,(H,35,39)(H,36,37,38)/t13-,15-. The molecule has 0 unspecified atom stereocenters. The highest BCUT2D eigenvalue weighted by Gasteiger charge is 2.39. The van der Waals surface area contributed by atoms with Crippen molar-refractivity contribution in [2.45, 2.75) is 50.5 Å². The van der Waals surface area contributed by atoms with Crippen LogP contribution >= 0.6 is 11.6 Å². The summed E-state index contributed by atoms with van der Waals surface area (Å²) in [5.74, 6) is -3.36. The van der Waals surface area contributed by atoms with Gasteiger partial charge in [-0.05, 0) is 55.4 Å². The number of H-pyrrole nitrogens is 1. The average Bonchev–Trinajstić information content (AvgIpc) is 2.86. The van der Waals surface area contributed by atoms with Crippen LogP contribution in [0.5, 0.6) is 0 Å². The van der Waals surface area contributed by atoms with Crippen LogP contribution in [0.25, 0.3) is 11.4 Å². The van der Waals surface area contributed by atoms with Crippen molar-refractivity contribution in [3.05, 3.63) is 86.0 Å². The lowest BCUT2D eigenvalue weighted by molar-refractivity contribution is -0.141. The first kappa shape index (κ1) is 28.6. The van der Waals surface area contributed by atoms with E-state index in [1.807, 2.05) is 12.1 Å². The minimum atomic E-state index is -5.17. The Morgan fingerprint density at radius 1 is 0.974 bits per heavy atom. The van der Waals surface area contributed by atoms with Gasteiger partial charge >= 0.3 is 12.4 Å². The molecule has 1 saturated carbocycles. The predicted octanol–water partition coefficient (Wildman–Crippen LogP) is 6.86. The second-order valence-electron chi connectivity index (χ2n) is 9.25. The van der Waals surface area contributed by atoms with E-state index in [-0.39, 0.29) is 12.0 Å². The second-order valence-corrected chi connectivity index (χ2v) is 9.69. The van der Waals surface area contributed by atoms with Crippen molar-refractivity contribution < 1.29 is 35.5 Å². The van der Waals surface area contributed by atoms with E-state index in [0.717, 1.165) is 11.6 Å². The van der Waals surface area contributed by atoms with E-state index >= 15 is 4.39 Å². The largest absolute Gasteiger partial charge is 0.433 e. The van der Waals surface area contributed by atoms with Crippen LogP contribution in [0.2, 0.25) is 5.02 Å². The number of hydrogen-bond donors (Lipinski definition) is 2. The normalized spacial score (nSPS) is 18.2.